The van der Waals surface area contributed by atoms with Gasteiger partial charge in [0.25, 0.3) is 0 Å². The molecule has 1 fully saturated rings. The van der Waals surface area contributed by atoms with Gasteiger partial charge in [0, 0.05) is 39.3 Å². The van der Waals surface area contributed by atoms with Crippen LogP contribution in [0.3, 0.4) is 0 Å². The number of nitrogens with zero attached hydrogens (tertiary/aromatic N) is 2. The fourth-order valence-electron chi connectivity index (χ4n) is 2.20. The predicted octanol–water partition coefficient (Wildman–Crippen LogP) is 0.298. The van der Waals surface area contributed by atoms with E-state index in [1.165, 1.54) is 5.56 Å². The largest absolute Gasteiger partial charge is 0.492 e. The van der Waals surface area contributed by atoms with Gasteiger partial charge in [-0.2, -0.15) is 0 Å². The van der Waals surface area contributed by atoms with Crippen LogP contribution >= 0.6 is 0 Å². The van der Waals surface area contributed by atoms with E-state index in [0.29, 0.717) is 13.2 Å². The van der Waals surface area contributed by atoms with Gasteiger partial charge in [-0.1, -0.05) is 12.1 Å². The summed E-state index contributed by atoms with van der Waals surface area (Å²) in [7, 11) is 0. The summed E-state index contributed by atoms with van der Waals surface area (Å²) in [6.45, 7) is 5.44. The Morgan fingerprint density at radius 2 is 2.05 bits per heavy atom. The average molecular weight is 263 g/mol. The predicted molar refractivity (Wildman–Crippen MR) is 73.9 cm³/mol. The van der Waals surface area contributed by atoms with Crippen LogP contribution in [0.4, 0.5) is 0 Å². The first-order valence-electron chi connectivity index (χ1n) is 6.65. The number of hydrogen-bond acceptors (Lipinski definition) is 4. The molecule has 0 radical (unpaired) electrons. The number of nitrogens with two attached hydrogens (primary N) is 1. The smallest absolute Gasteiger partial charge is 0.209 e. The van der Waals surface area contributed by atoms with Crippen LogP contribution in [0, 0.1) is 0 Å². The van der Waals surface area contributed by atoms with E-state index in [1.54, 1.807) is 0 Å². The van der Waals surface area contributed by atoms with Gasteiger partial charge in [-0.25, -0.2) is 0 Å². The molecule has 0 atom stereocenters. The second kappa shape index (κ2) is 7.11. The molecule has 0 bridgehead atoms. The fourth-order valence-corrected chi connectivity index (χ4v) is 2.20. The summed E-state index contributed by atoms with van der Waals surface area (Å²) in [6.07, 6.45) is 0.929. The van der Waals surface area contributed by atoms with E-state index in [0.717, 1.165) is 44.9 Å². The van der Waals surface area contributed by atoms with E-state index in [9.17, 15) is 4.79 Å². The maximum absolute atomic E-state index is 10.7. The Labute approximate surface area is 113 Å². The van der Waals surface area contributed by atoms with Crippen LogP contribution in [0.5, 0.6) is 5.75 Å². The Morgan fingerprint density at radius 3 is 2.74 bits per heavy atom. The lowest BCUT2D eigenvalue weighted by Crippen LogP contribution is -2.45. The number of carbonyl (C=O) groups is 1. The first kappa shape index (κ1) is 13.8. The van der Waals surface area contributed by atoms with E-state index in [4.69, 9.17) is 10.5 Å². The summed E-state index contributed by atoms with van der Waals surface area (Å²) in [5, 5.41) is 0. The highest BCUT2D eigenvalue weighted by atomic mass is 16.5. The van der Waals surface area contributed by atoms with Crippen LogP contribution in [-0.2, 0) is 11.3 Å². The maximum Gasteiger partial charge on any atom is 0.209 e. The zero-order valence-electron chi connectivity index (χ0n) is 11.1. The molecule has 0 aliphatic carbocycles. The van der Waals surface area contributed by atoms with Crippen molar-refractivity contribution in [2.45, 2.75) is 6.54 Å². The molecule has 1 aromatic rings. The summed E-state index contributed by atoms with van der Waals surface area (Å²) >= 11 is 0. The highest BCUT2D eigenvalue weighted by Crippen LogP contribution is 2.15. The van der Waals surface area contributed by atoms with Gasteiger partial charge in [-0.15, -0.1) is 0 Å². The van der Waals surface area contributed by atoms with Crippen molar-refractivity contribution in [3.8, 4) is 5.75 Å². The molecule has 5 heteroatoms. The van der Waals surface area contributed by atoms with Crippen molar-refractivity contribution in [1.82, 2.24) is 9.80 Å². The molecule has 104 valence electrons. The van der Waals surface area contributed by atoms with Crippen LogP contribution in [0.2, 0.25) is 0 Å². The van der Waals surface area contributed by atoms with E-state index >= 15 is 0 Å². The molecule has 2 N–H and O–H groups in total. The van der Waals surface area contributed by atoms with Crippen LogP contribution in [-0.4, -0.2) is 55.5 Å². The van der Waals surface area contributed by atoms with Crippen molar-refractivity contribution in [1.29, 1.82) is 0 Å². The first-order chi connectivity index (χ1) is 9.31. The third kappa shape index (κ3) is 4.22. The minimum atomic E-state index is 0.526. The molecule has 1 aromatic carbocycles. The van der Waals surface area contributed by atoms with E-state index < -0.39 is 0 Å². The number of benzene rings is 1. The molecule has 1 heterocycles. The number of hydrogen-bond donors (Lipinski definition) is 1. The van der Waals surface area contributed by atoms with E-state index in [-0.39, 0.29) is 0 Å². The molecule has 0 saturated carbocycles. The summed E-state index contributed by atoms with van der Waals surface area (Å²) in [5.41, 5.74) is 6.65. The standard InChI is InChI=1S/C14H21N3O2/c15-4-9-19-14-3-1-2-13(10-14)11-16-5-7-17(12-18)8-6-16/h1-3,10,12H,4-9,11,15H2. The quantitative estimate of drug-likeness (QED) is 0.750. The van der Waals surface area contributed by atoms with Gasteiger partial charge < -0.3 is 15.4 Å². The highest BCUT2D eigenvalue weighted by molar-refractivity contribution is 5.47. The fraction of sp³-hybridized carbons (Fsp3) is 0.500. The van der Waals surface area contributed by atoms with Crippen molar-refractivity contribution in [2.24, 2.45) is 5.73 Å². The van der Waals surface area contributed by atoms with Gasteiger partial charge in [-0.05, 0) is 17.7 Å². The molecule has 1 aliphatic heterocycles. The number of carbonyl (C=O) groups excluding carboxylic acids is 1. The van der Waals surface area contributed by atoms with E-state index in [2.05, 4.69) is 17.0 Å². The molecule has 1 saturated heterocycles. The second-order valence-electron chi connectivity index (χ2n) is 4.70. The Kier molecular flexibility index (Phi) is 5.18. The van der Waals surface area contributed by atoms with Gasteiger partial charge in [0.05, 0.1) is 0 Å². The molecule has 2 rings (SSSR count). The Balaban J connectivity index is 1.87. The summed E-state index contributed by atoms with van der Waals surface area (Å²) < 4.78 is 5.52. The lowest BCUT2D eigenvalue weighted by Gasteiger charge is -2.32. The molecule has 19 heavy (non-hydrogen) atoms. The van der Waals surface area contributed by atoms with Crippen LogP contribution in [0.25, 0.3) is 0 Å². The van der Waals surface area contributed by atoms with Gasteiger partial charge >= 0.3 is 0 Å². The number of ether oxygens (including phenoxy) is 1. The summed E-state index contributed by atoms with van der Waals surface area (Å²) in [5.74, 6) is 0.870. The van der Waals surface area contributed by atoms with Crippen LogP contribution in [0.15, 0.2) is 24.3 Å². The number of piperazine rings is 1. The van der Waals surface area contributed by atoms with Gasteiger partial charge in [0.15, 0.2) is 0 Å². The van der Waals surface area contributed by atoms with Crippen molar-refractivity contribution in [3.05, 3.63) is 29.8 Å². The molecular weight excluding hydrogens is 242 g/mol. The van der Waals surface area contributed by atoms with E-state index in [1.807, 2.05) is 17.0 Å². The highest BCUT2D eigenvalue weighted by Gasteiger charge is 2.15. The van der Waals surface area contributed by atoms with Crippen LogP contribution < -0.4 is 10.5 Å². The molecule has 0 aromatic heterocycles. The summed E-state index contributed by atoms with van der Waals surface area (Å²) in [4.78, 5) is 14.8. The van der Waals surface area contributed by atoms with Crippen molar-refractivity contribution >= 4 is 6.41 Å². The zero-order valence-corrected chi connectivity index (χ0v) is 11.1. The normalized spacial score (nSPS) is 16.4. The Morgan fingerprint density at radius 1 is 1.26 bits per heavy atom. The van der Waals surface area contributed by atoms with Gasteiger partial charge in [-0.3, -0.25) is 9.69 Å². The van der Waals surface area contributed by atoms with Gasteiger partial charge in [0.2, 0.25) is 6.41 Å². The number of amides is 1. The Hall–Kier alpha value is -1.59. The van der Waals surface area contributed by atoms with Crippen LogP contribution in [0.1, 0.15) is 5.56 Å². The lowest BCUT2D eigenvalue weighted by atomic mass is 10.2. The van der Waals surface area contributed by atoms with Crippen molar-refractivity contribution in [2.75, 3.05) is 39.3 Å². The Bertz CT molecular complexity index is 403. The second-order valence-corrected chi connectivity index (χ2v) is 4.70. The van der Waals surface area contributed by atoms with Crippen molar-refractivity contribution < 1.29 is 9.53 Å². The molecular formula is C14H21N3O2. The number of rotatable bonds is 6. The molecule has 5 nitrogen and oxygen atoms in total. The molecule has 1 aliphatic rings. The zero-order chi connectivity index (χ0) is 13.5. The molecule has 0 unspecified atom stereocenters. The third-order valence-corrected chi connectivity index (χ3v) is 3.25. The third-order valence-electron chi connectivity index (χ3n) is 3.25. The average Bonchev–Trinajstić information content (AvgIpc) is 2.46. The minimum Gasteiger partial charge on any atom is -0.492 e. The lowest BCUT2D eigenvalue weighted by molar-refractivity contribution is -0.119. The molecule has 1 amide bonds. The summed E-state index contributed by atoms with van der Waals surface area (Å²) in [6, 6.07) is 8.11. The SMILES string of the molecule is NCCOc1cccc(CN2CCN(C=O)CC2)c1. The maximum atomic E-state index is 10.7. The van der Waals surface area contributed by atoms with Crippen molar-refractivity contribution in [3.63, 3.8) is 0 Å². The monoisotopic (exact) mass is 263 g/mol. The molecule has 0 spiro atoms. The minimum absolute atomic E-state index is 0.526. The topological polar surface area (TPSA) is 58.8 Å². The van der Waals surface area contributed by atoms with Gasteiger partial charge in [0.1, 0.15) is 12.4 Å². The first-order valence-corrected chi connectivity index (χ1v) is 6.65.